The lowest BCUT2D eigenvalue weighted by atomic mass is 10.0. The van der Waals surface area contributed by atoms with Gasteiger partial charge in [-0.3, -0.25) is 9.59 Å². The summed E-state index contributed by atoms with van der Waals surface area (Å²) in [5, 5.41) is 0. The maximum atomic E-state index is 12.7. The molecule has 1 atom stereocenters. The summed E-state index contributed by atoms with van der Waals surface area (Å²) in [7, 11) is 0. The molecule has 0 saturated carbocycles. The van der Waals surface area contributed by atoms with E-state index in [1.54, 1.807) is 4.90 Å². The zero-order valence-corrected chi connectivity index (χ0v) is 14.5. The smallest absolute Gasteiger partial charge is 0.231 e. The first-order chi connectivity index (χ1) is 12.7. The Balaban J connectivity index is 1.40. The standard InChI is InChI=1S/C21H21NO4/c23-20(11-9-15-8-10-18-19(13-15)26-14-25-18)22-12-4-7-17(22)21(24)16-5-2-1-3-6-16/h1-3,5-6,8,10,13,17H,4,7,9,11-12,14H2. The van der Waals surface area contributed by atoms with Crippen molar-refractivity contribution in [3.8, 4) is 11.5 Å². The fourth-order valence-corrected chi connectivity index (χ4v) is 3.62. The van der Waals surface area contributed by atoms with E-state index in [9.17, 15) is 9.59 Å². The second-order valence-corrected chi connectivity index (χ2v) is 6.66. The van der Waals surface area contributed by atoms with Gasteiger partial charge in [0.2, 0.25) is 12.7 Å². The minimum Gasteiger partial charge on any atom is -0.454 e. The van der Waals surface area contributed by atoms with E-state index in [2.05, 4.69) is 0 Å². The highest BCUT2D eigenvalue weighted by Gasteiger charge is 2.34. The molecule has 26 heavy (non-hydrogen) atoms. The van der Waals surface area contributed by atoms with Crippen molar-refractivity contribution in [1.82, 2.24) is 4.90 Å². The molecule has 0 spiro atoms. The van der Waals surface area contributed by atoms with E-state index in [1.165, 1.54) is 0 Å². The molecule has 5 heteroatoms. The molecular weight excluding hydrogens is 330 g/mol. The van der Waals surface area contributed by atoms with Crippen LogP contribution >= 0.6 is 0 Å². The van der Waals surface area contributed by atoms with Crippen LogP contribution in [0.15, 0.2) is 48.5 Å². The summed E-state index contributed by atoms with van der Waals surface area (Å²) in [6, 6.07) is 14.7. The third kappa shape index (κ3) is 3.29. The van der Waals surface area contributed by atoms with Crippen molar-refractivity contribution in [2.75, 3.05) is 13.3 Å². The first kappa shape index (κ1) is 16.6. The number of nitrogens with zero attached hydrogens (tertiary/aromatic N) is 1. The maximum absolute atomic E-state index is 12.7. The number of ether oxygens (including phenoxy) is 2. The van der Waals surface area contributed by atoms with Crippen molar-refractivity contribution >= 4 is 11.7 Å². The summed E-state index contributed by atoms with van der Waals surface area (Å²) in [6.45, 7) is 0.901. The Hall–Kier alpha value is -2.82. The van der Waals surface area contributed by atoms with Crippen LogP contribution in [0.25, 0.3) is 0 Å². The normalized spacial score (nSPS) is 18.2. The highest BCUT2D eigenvalue weighted by molar-refractivity contribution is 6.02. The number of fused-ring (bicyclic) bond motifs is 1. The lowest BCUT2D eigenvalue weighted by Crippen LogP contribution is -2.40. The molecule has 0 aromatic heterocycles. The van der Waals surface area contributed by atoms with Crippen molar-refractivity contribution < 1.29 is 19.1 Å². The zero-order chi connectivity index (χ0) is 17.9. The Morgan fingerprint density at radius 1 is 1.04 bits per heavy atom. The fourth-order valence-electron chi connectivity index (χ4n) is 3.62. The number of benzene rings is 2. The molecule has 0 N–H and O–H groups in total. The number of amides is 1. The highest BCUT2D eigenvalue weighted by atomic mass is 16.7. The van der Waals surface area contributed by atoms with Gasteiger partial charge in [0.05, 0.1) is 6.04 Å². The number of Topliss-reactive ketones (excluding diaryl/α,β-unsaturated/α-hetero) is 1. The van der Waals surface area contributed by atoms with Crippen molar-refractivity contribution in [2.45, 2.75) is 31.7 Å². The molecule has 1 amide bonds. The minimum atomic E-state index is -0.332. The van der Waals surface area contributed by atoms with E-state index in [0.717, 1.165) is 29.9 Å². The number of aryl methyl sites for hydroxylation is 1. The van der Waals surface area contributed by atoms with Gasteiger partial charge in [-0.05, 0) is 37.0 Å². The molecule has 2 aromatic carbocycles. The first-order valence-corrected chi connectivity index (χ1v) is 8.99. The van der Waals surface area contributed by atoms with Gasteiger partial charge in [0, 0.05) is 18.5 Å². The van der Waals surface area contributed by atoms with Crippen molar-refractivity contribution in [3.05, 3.63) is 59.7 Å². The molecule has 1 unspecified atom stereocenters. The first-order valence-electron chi connectivity index (χ1n) is 8.99. The van der Waals surface area contributed by atoms with Crippen LogP contribution in [0.3, 0.4) is 0 Å². The third-order valence-corrected chi connectivity index (χ3v) is 5.00. The lowest BCUT2D eigenvalue weighted by Gasteiger charge is -2.24. The van der Waals surface area contributed by atoms with Gasteiger partial charge < -0.3 is 14.4 Å². The largest absolute Gasteiger partial charge is 0.454 e. The van der Waals surface area contributed by atoms with Gasteiger partial charge in [-0.2, -0.15) is 0 Å². The van der Waals surface area contributed by atoms with Crippen molar-refractivity contribution in [2.24, 2.45) is 0 Å². The quantitative estimate of drug-likeness (QED) is 0.776. The molecule has 134 valence electrons. The Bertz CT molecular complexity index is 818. The van der Waals surface area contributed by atoms with Gasteiger partial charge in [0.25, 0.3) is 0 Å². The summed E-state index contributed by atoms with van der Waals surface area (Å²) >= 11 is 0. The van der Waals surface area contributed by atoms with E-state index in [-0.39, 0.29) is 24.5 Å². The minimum absolute atomic E-state index is 0.0365. The Morgan fingerprint density at radius 2 is 1.85 bits per heavy atom. The molecule has 1 fully saturated rings. The summed E-state index contributed by atoms with van der Waals surface area (Å²) in [6.07, 6.45) is 2.62. The van der Waals surface area contributed by atoms with Crippen LogP contribution in [0, 0.1) is 0 Å². The van der Waals surface area contributed by atoms with Gasteiger partial charge in [0.1, 0.15) is 0 Å². The second kappa shape index (κ2) is 7.20. The highest BCUT2D eigenvalue weighted by Crippen LogP contribution is 2.33. The molecule has 0 bridgehead atoms. The van der Waals surface area contributed by atoms with E-state index in [0.29, 0.717) is 24.9 Å². The third-order valence-electron chi connectivity index (χ3n) is 5.00. The lowest BCUT2D eigenvalue weighted by molar-refractivity contribution is -0.131. The number of carbonyl (C=O) groups is 2. The Labute approximate surface area is 152 Å². The second-order valence-electron chi connectivity index (χ2n) is 6.66. The Morgan fingerprint density at radius 3 is 2.69 bits per heavy atom. The number of ketones is 1. The molecule has 2 aliphatic rings. The van der Waals surface area contributed by atoms with Crippen LogP contribution in [0.1, 0.15) is 35.2 Å². The summed E-state index contributed by atoms with van der Waals surface area (Å²) < 4.78 is 10.7. The molecule has 0 aliphatic carbocycles. The van der Waals surface area contributed by atoms with Crippen molar-refractivity contribution in [1.29, 1.82) is 0 Å². The predicted molar refractivity (Wildman–Crippen MR) is 96.4 cm³/mol. The van der Waals surface area contributed by atoms with E-state index in [1.807, 2.05) is 48.5 Å². The monoisotopic (exact) mass is 351 g/mol. The average molecular weight is 351 g/mol. The van der Waals surface area contributed by atoms with Crippen LogP contribution in [-0.4, -0.2) is 36.0 Å². The molecule has 2 aromatic rings. The van der Waals surface area contributed by atoms with Gasteiger partial charge in [-0.25, -0.2) is 0 Å². The van der Waals surface area contributed by atoms with Gasteiger partial charge in [-0.1, -0.05) is 36.4 Å². The molecule has 2 aliphatic heterocycles. The summed E-state index contributed by atoms with van der Waals surface area (Å²) in [5.74, 6) is 1.55. The number of rotatable bonds is 5. The SMILES string of the molecule is O=C(c1ccccc1)C1CCCN1C(=O)CCc1ccc2c(c1)OCO2. The van der Waals surface area contributed by atoms with E-state index >= 15 is 0 Å². The predicted octanol–water partition coefficient (Wildman–Crippen LogP) is 3.22. The fraction of sp³-hybridized carbons (Fsp3) is 0.333. The van der Waals surface area contributed by atoms with Crippen LogP contribution in [0.4, 0.5) is 0 Å². The maximum Gasteiger partial charge on any atom is 0.231 e. The van der Waals surface area contributed by atoms with E-state index in [4.69, 9.17) is 9.47 Å². The molecular formula is C21H21NO4. The molecule has 2 heterocycles. The van der Waals surface area contributed by atoms with Crippen LogP contribution in [-0.2, 0) is 11.2 Å². The topological polar surface area (TPSA) is 55.8 Å². The number of likely N-dealkylation sites (tertiary alicyclic amines) is 1. The molecule has 5 nitrogen and oxygen atoms in total. The summed E-state index contributed by atoms with van der Waals surface area (Å²) in [4.78, 5) is 27.2. The van der Waals surface area contributed by atoms with Gasteiger partial charge in [0.15, 0.2) is 17.3 Å². The van der Waals surface area contributed by atoms with Crippen LogP contribution in [0.5, 0.6) is 11.5 Å². The van der Waals surface area contributed by atoms with E-state index < -0.39 is 0 Å². The summed E-state index contributed by atoms with van der Waals surface area (Å²) in [5.41, 5.74) is 1.71. The molecule has 4 rings (SSSR count). The number of hydrogen-bond acceptors (Lipinski definition) is 4. The van der Waals surface area contributed by atoms with Crippen LogP contribution < -0.4 is 9.47 Å². The number of hydrogen-bond donors (Lipinski definition) is 0. The average Bonchev–Trinajstić information content (AvgIpc) is 3.35. The van der Waals surface area contributed by atoms with Crippen LogP contribution in [0.2, 0.25) is 0 Å². The van der Waals surface area contributed by atoms with Gasteiger partial charge >= 0.3 is 0 Å². The molecule has 0 radical (unpaired) electrons. The van der Waals surface area contributed by atoms with Gasteiger partial charge in [-0.15, -0.1) is 0 Å². The number of carbonyl (C=O) groups excluding carboxylic acids is 2. The Kier molecular flexibility index (Phi) is 4.61. The zero-order valence-electron chi connectivity index (χ0n) is 14.5. The molecule has 1 saturated heterocycles. The van der Waals surface area contributed by atoms with Crippen molar-refractivity contribution in [3.63, 3.8) is 0 Å².